The average molecular weight is 414 g/mol. The molecular weight excluding hydrogens is 397 g/mol. The molecule has 2 aromatic carbocycles. The molecule has 1 aromatic heterocycles. The number of benzene rings is 2. The number of pyridine rings is 1. The summed E-state index contributed by atoms with van der Waals surface area (Å²) in [6.07, 6.45) is 0.546. The first-order chi connectivity index (χ1) is 13.5. The summed E-state index contributed by atoms with van der Waals surface area (Å²) in [4.78, 5) is 16.7. The van der Waals surface area contributed by atoms with E-state index in [0.717, 1.165) is 27.7 Å². The average Bonchev–Trinajstić information content (AvgIpc) is 3.13. The number of ether oxygens (including phenoxy) is 1. The monoisotopic (exact) mass is 413 g/mol. The van der Waals surface area contributed by atoms with Crippen LogP contribution in [0.3, 0.4) is 0 Å². The molecule has 142 valence electrons. The number of carbonyl (C=O) groups excluding carboxylic acids is 1. The van der Waals surface area contributed by atoms with E-state index in [9.17, 15) is 4.79 Å². The molecule has 0 saturated heterocycles. The summed E-state index contributed by atoms with van der Waals surface area (Å²) in [5.41, 5.74) is 3.23. The lowest BCUT2D eigenvalue weighted by molar-refractivity contribution is -0.130. The fourth-order valence-corrected chi connectivity index (χ4v) is 3.76. The summed E-state index contributed by atoms with van der Waals surface area (Å²) in [5, 5.41) is 7.94. The zero-order chi connectivity index (χ0) is 19.8. The molecular formula is C21H17Cl2N3O2. The van der Waals surface area contributed by atoms with Crippen molar-refractivity contribution in [2.75, 3.05) is 7.11 Å². The molecule has 1 amide bonds. The van der Waals surface area contributed by atoms with Gasteiger partial charge in [-0.05, 0) is 35.9 Å². The minimum Gasteiger partial charge on any atom is -0.497 e. The lowest BCUT2D eigenvalue weighted by Gasteiger charge is -2.21. The number of amides is 1. The number of aromatic nitrogens is 1. The summed E-state index contributed by atoms with van der Waals surface area (Å²) < 4.78 is 5.25. The van der Waals surface area contributed by atoms with E-state index in [0.29, 0.717) is 22.3 Å². The smallest absolute Gasteiger partial charge is 0.240 e. The van der Waals surface area contributed by atoms with Crippen LogP contribution >= 0.6 is 23.2 Å². The van der Waals surface area contributed by atoms with Crippen LogP contribution in [-0.4, -0.2) is 28.7 Å². The van der Waals surface area contributed by atoms with Crippen LogP contribution in [0, 0.1) is 0 Å². The first kappa shape index (κ1) is 18.7. The summed E-state index contributed by atoms with van der Waals surface area (Å²) in [6, 6.07) is 14.7. The Morgan fingerprint density at radius 3 is 2.57 bits per heavy atom. The van der Waals surface area contributed by atoms with Gasteiger partial charge in [0.1, 0.15) is 10.9 Å². The van der Waals surface area contributed by atoms with Gasteiger partial charge in [0.2, 0.25) is 5.91 Å². The molecule has 1 aliphatic heterocycles. The second kappa shape index (κ2) is 7.41. The van der Waals surface area contributed by atoms with Crippen LogP contribution in [0.1, 0.15) is 30.5 Å². The van der Waals surface area contributed by atoms with E-state index < -0.39 is 0 Å². The van der Waals surface area contributed by atoms with E-state index in [1.165, 1.54) is 11.9 Å². The summed E-state index contributed by atoms with van der Waals surface area (Å²) in [6.45, 7) is 1.49. The topological polar surface area (TPSA) is 54.8 Å². The molecule has 0 fully saturated rings. The third kappa shape index (κ3) is 3.43. The molecule has 0 spiro atoms. The van der Waals surface area contributed by atoms with Gasteiger partial charge in [-0.1, -0.05) is 35.3 Å². The molecule has 0 radical (unpaired) electrons. The quantitative estimate of drug-likeness (QED) is 0.551. The molecule has 3 aromatic rings. The molecule has 7 heteroatoms. The van der Waals surface area contributed by atoms with E-state index in [-0.39, 0.29) is 11.9 Å². The van der Waals surface area contributed by atoms with Crippen LogP contribution in [0.15, 0.2) is 53.6 Å². The minimum absolute atomic E-state index is 0.153. The van der Waals surface area contributed by atoms with Crippen LogP contribution in [0.5, 0.6) is 5.75 Å². The highest BCUT2D eigenvalue weighted by Crippen LogP contribution is 2.37. The molecule has 1 aliphatic rings. The van der Waals surface area contributed by atoms with Crippen molar-refractivity contribution in [2.24, 2.45) is 5.10 Å². The van der Waals surface area contributed by atoms with Gasteiger partial charge < -0.3 is 4.74 Å². The molecule has 0 aliphatic carbocycles. The van der Waals surface area contributed by atoms with Crippen molar-refractivity contribution >= 4 is 45.7 Å². The van der Waals surface area contributed by atoms with Crippen molar-refractivity contribution < 1.29 is 9.53 Å². The fourth-order valence-electron chi connectivity index (χ4n) is 3.36. The van der Waals surface area contributed by atoms with Crippen LogP contribution in [0.4, 0.5) is 0 Å². The number of hydrazone groups is 1. The number of hydrogen-bond acceptors (Lipinski definition) is 4. The predicted octanol–water partition coefficient (Wildman–Crippen LogP) is 5.25. The molecule has 2 heterocycles. The fraction of sp³-hybridized carbons (Fsp3) is 0.190. The van der Waals surface area contributed by atoms with Gasteiger partial charge in [0.25, 0.3) is 0 Å². The SMILES string of the molecule is COc1ccc2cc(C3CC(c4ccc(Cl)cc4)=NN3C(C)=O)c(Cl)nc2c1. The number of nitrogens with zero attached hydrogens (tertiary/aromatic N) is 3. The lowest BCUT2D eigenvalue weighted by Crippen LogP contribution is -2.24. The van der Waals surface area contributed by atoms with Crippen molar-refractivity contribution in [3.8, 4) is 5.75 Å². The molecule has 1 atom stereocenters. The predicted molar refractivity (Wildman–Crippen MR) is 111 cm³/mol. The summed E-state index contributed by atoms with van der Waals surface area (Å²) in [7, 11) is 1.61. The maximum absolute atomic E-state index is 12.2. The highest BCUT2D eigenvalue weighted by molar-refractivity contribution is 6.31. The van der Waals surface area contributed by atoms with Gasteiger partial charge in [-0.15, -0.1) is 0 Å². The number of halogens is 2. The van der Waals surface area contributed by atoms with Crippen LogP contribution < -0.4 is 4.74 Å². The standard InChI is InChI=1S/C21H17Cl2N3O2/c1-12(27)26-20(11-19(25-26)13-3-6-15(22)7-4-13)17-9-14-5-8-16(28-2)10-18(14)24-21(17)23/h3-10,20H,11H2,1-2H3. The zero-order valence-electron chi connectivity index (χ0n) is 15.3. The Balaban J connectivity index is 1.74. The molecule has 0 bridgehead atoms. The third-order valence-corrected chi connectivity index (χ3v) is 5.33. The van der Waals surface area contributed by atoms with E-state index in [1.807, 2.05) is 48.5 Å². The van der Waals surface area contributed by atoms with Gasteiger partial charge >= 0.3 is 0 Å². The van der Waals surface area contributed by atoms with Gasteiger partial charge in [0, 0.05) is 35.4 Å². The zero-order valence-corrected chi connectivity index (χ0v) is 16.8. The third-order valence-electron chi connectivity index (χ3n) is 4.77. The van der Waals surface area contributed by atoms with Crippen molar-refractivity contribution in [1.29, 1.82) is 0 Å². The Morgan fingerprint density at radius 2 is 1.89 bits per heavy atom. The first-order valence-corrected chi connectivity index (χ1v) is 9.49. The van der Waals surface area contributed by atoms with Gasteiger partial charge in [-0.25, -0.2) is 9.99 Å². The number of rotatable bonds is 3. The van der Waals surface area contributed by atoms with Crippen LogP contribution in [-0.2, 0) is 4.79 Å². The van der Waals surface area contributed by atoms with E-state index in [4.69, 9.17) is 27.9 Å². The van der Waals surface area contributed by atoms with Crippen molar-refractivity contribution in [3.05, 3.63) is 69.8 Å². The molecule has 4 rings (SSSR count). The van der Waals surface area contributed by atoms with Gasteiger partial charge in [-0.2, -0.15) is 5.10 Å². The Labute approximate surface area is 172 Å². The Morgan fingerprint density at radius 1 is 1.14 bits per heavy atom. The summed E-state index contributed by atoms with van der Waals surface area (Å²) >= 11 is 12.5. The second-order valence-electron chi connectivity index (χ2n) is 6.56. The molecule has 1 unspecified atom stereocenters. The maximum atomic E-state index is 12.2. The van der Waals surface area contributed by atoms with Gasteiger partial charge in [0.05, 0.1) is 24.4 Å². The highest BCUT2D eigenvalue weighted by atomic mass is 35.5. The van der Waals surface area contributed by atoms with E-state index in [2.05, 4.69) is 10.1 Å². The largest absolute Gasteiger partial charge is 0.497 e. The number of fused-ring (bicyclic) bond motifs is 1. The van der Waals surface area contributed by atoms with E-state index in [1.54, 1.807) is 7.11 Å². The molecule has 0 N–H and O–H groups in total. The van der Waals surface area contributed by atoms with Crippen molar-refractivity contribution in [2.45, 2.75) is 19.4 Å². The van der Waals surface area contributed by atoms with Crippen molar-refractivity contribution in [3.63, 3.8) is 0 Å². The van der Waals surface area contributed by atoms with E-state index >= 15 is 0 Å². The van der Waals surface area contributed by atoms with Crippen LogP contribution in [0.2, 0.25) is 10.2 Å². The molecule has 0 saturated carbocycles. The minimum atomic E-state index is -0.310. The normalized spacial score (nSPS) is 16.4. The second-order valence-corrected chi connectivity index (χ2v) is 7.36. The van der Waals surface area contributed by atoms with Gasteiger partial charge in [0.15, 0.2) is 0 Å². The van der Waals surface area contributed by atoms with Crippen LogP contribution in [0.25, 0.3) is 10.9 Å². The Hall–Kier alpha value is -2.63. The Kier molecular flexibility index (Phi) is 4.96. The Bertz CT molecular complexity index is 1100. The highest BCUT2D eigenvalue weighted by Gasteiger charge is 2.33. The maximum Gasteiger partial charge on any atom is 0.240 e. The van der Waals surface area contributed by atoms with Crippen molar-refractivity contribution in [1.82, 2.24) is 9.99 Å². The number of methoxy groups -OCH3 is 1. The first-order valence-electron chi connectivity index (χ1n) is 8.73. The summed E-state index contributed by atoms with van der Waals surface area (Å²) in [5.74, 6) is 0.559. The number of carbonyl (C=O) groups is 1. The lowest BCUT2D eigenvalue weighted by atomic mass is 9.98. The van der Waals surface area contributed by atoms with Gasteiger partial charge in [-0.3, -0.25) is 4.79 Å². The number of hydrogen-bond donors (Lipinski definition) is 0. The molecule has 28 heavy (non-hydrogen) atoms. The molecule has 5 nitrogen and oxygen atoms in total.